The van der Waals surface area contributed by atoms with Crippen molar-refractivity contribution in [2.45, 2.75) is 19.8 Å². The summed E-state index contributed by atoms with van der Waals surface area (Å²) in [5, 5.41) is 6.57. The number of carbonyl (C=O) groups excluding carboxylic acids is 2. The van der Waals surface area contributed by atoms with Crippen molar-refractivity contribution in [3.8, 4) is 0 Å². The molecule has 1 aromatic carbocycles. The molecule has 0 unspecified atom stereocenters. The number of unbranched alkanes of at least 4 members (excludes halogenated alkanes) is 1. The third-order valence-corrected chi connectivity index (χ3v) is 4.16. The van der Waals surface area contributed by atoms with Crippen LogP contribution in [0.25, 0.3) is 0 Å². The van der Waals surface area contributed by atoms with Crippen LogP contribution in [0.1, 0.15) is 40.6 Å². The second kappa shape index (κ2) is 9.18. The molecule has 1 aromatic heterocycles. The van der Waals surface area contributed by atoms with E-state index < -0.39 is 0 Å². The van der Waals surface area contributed by atoms with Gasteiger partial charge < -0.3 is 24.2 Å². The third-order valence-electron chi connectivity index (χ3n) is 4.16. The Bertz CT molecular complexity index is 766. The molecular weight excluding hydrogens is 350 g/mol. The molecule has 0 radical (unpaired) electrons. The molecule has 1 N–H and O–H groups in total. The van der Waals surface area contributed by atoms with E-state index in [4.69, 9.17) is 14.0 Å². The third kappa shape index (κ3) is 5.07. The smallest absolute Gasteiger partial charge is 0.338 e. The maximum atomic E-state index is 12.3. The van der Waals surface area contributed by atoms with Gasteiger partial charge in [-0.3, -0.25) is 4.79 Å². The highest BCUT2D eigenvalue weighted by Gasteiger charge is 2.19. The molecule has 3 rings (SSSR count). The van der Waals surface area contributed by atoms with Crippen molar-refractivity contribution in [2.24, 2.45) is 0 Å². The molecule has 0 spiro atoms. The number of ether oxygens (including phenoxy) is 2. The molecular formula is C19H23N3O5. The first-order valence-corrected chi connectivity index (χ1v) is 9.05. The van der Waals surface area contributed by atoms with Crippen LogP contribution in [0, 0.1) is 0 Å². The van der Waals surface area contributed by atoms with E-state index >= 15 is 0 Å². The number of carbonyl (C=O) groups is 2. The van der Waals surface area contributed by atoms with Crippen molar-refractivity contribution in [3.05, 3.63) is 41.6 Å². The van der Waals surface area contributed by atoms with Crippen molar-refractivity contribution in [3.63, 3.8) is 0 Å². The van der Waals surface area contributed by atoms with Gasteiger partial charge in [-0.15, -0.1) is 0 Å². The maximum Gasteiger partial charge on any atom is 0.338 e. The molecule has 27 heavy (non-hydrogen) atoms. The Kier molecular flexibility index (Phi) is 6.43. The van der Waals surface area contributed by atoms with Crippen LogP contribution in [0.5, 0.6) is 0 Å². The summed E-state index contributed by atoms with van der Waals surface area (Å²) in [6.07, 6.45) is 1.80. The molecule has 1 aliphatic rings. The van der Waals surface area contributed by atoms with E-state index in [-0.39, 0.29) is 17.6 Å². The summed E-state index contributed by atoms with van der Waals surface area (Å²) in [5.41, 5.74) is 1.20. The second-order valence-electron chi connectivity index (χ2n) is 6.17. The summed E-state index contributed by atoms with van der Waals surface area (Å²) in [6.45, 7) is 5.08. The molecule has 1 fully saturated rings. The first-order chi connectivity index (χ1) is 13.2. The minimum Gasteiger partial charge on any atom is -0.462 e. The van der Waals surface area contributed by atoms with Crippen LogP contribution in [-0.4, -0.2) is 49.9 Å². The average molecular weight is 373 g/mol. The van der Waals surface area contributed by atoms with Crippen LogP contribution in [0.3, 0.4) is 0 Å². The lowest BCUT2D eigenvalue weighted by Crippen LogP contribution is -2.35. The van der Waals surface area contributed by atoms with E-state index in [1.165, 1.54) is 0 Å². The number of hydrogen-bond donors (Lipinski definition) is 1. The van der Waals surface area contributed by atoms with Gasteiger partial charge in [0.2, 0.25) is 5.88 Å². The Morgan fingerprint density at radius 3 is 2.67 bits per heavy atom. The van der Waals surface area contributed by atoms with Gasteiger partial charge in [-0.05, 0) is 30.7 Å². The van der Waals surface area contributed by atoms with Gasteiger partial charge in [0.15, 0.2) is 5.69 Å². The molecule has 0 aliphatic carbocycles. The van der Waals surface area contributed by atoms with Gasteiger partial charge in [-0.2, -0.15) is 0 Å². The van der Waals surface area contributed by atoms with Crippen LogP contribution in [0.15, 0.2) is 34.9 Å². The number of anilines is 2. The molecule has 2 heterocycles. The van der Waals surface area contributed by atoms with Crippen LogP contribution in [0.2, 0.25) is 0 Å². The number of hydrogen-bond acceptors (Lipinski definition) is 7. The number of morpholine rings is 1. The first-order valence-electron chi connectivity index (χ1n) is 9.05. The Balaban J connectivity index is 1.56. The maximum absolute atomic E-state index is 12.3. The Morgan fingerprint density at radius 1 is 1.22 bits per heavy atom. The largest absolute Gasteiger partial charge is 0.462 e. The highest BCUT2D eigenvalue weighted by molar-refractivity contribution is 6.03. The quantitative estimate of drug-likeness (QED) is 0.589. The number of aromatic nitrogens is 1. The number of amides is 1. The van der Waals surface area contributed by atoms with Crippen LogP contribution in [-0.2, 0) is 9.47 Å². The predicted molar refractivity (Wildman–Crippen MR) is 99.1 cm³/mol. The van der Waals surface area contributed by atoms with Crippen molar-refractivity contribution >= 4 is 23.4 Å². The molecule has 0 saturated carbocycles. The molecule has 2 aromatic rings. The predicted octanol–water partition coefficient (Wildman–Crippen LogP) is 2.72. The first kappa shape index (κ1) is 18.9. The fourth-order valence-electron chi connectivity index (χ4n) is 2.58. The van der Waals surface area contributed by atoms with Crippen LogP contribution in [0.4, 0.5) is 11.6 Å². The average Bonchev–Trinajstić information content (AvgIpc) is 3.20. The number of rotatable bonds is 7. The highest BCUT2D eigenvalue weighted by atomic mass is 16.5. The summed E-state index contributed by atoms with van der Waals surface area (Å²) < 4.78 is 15.7. The summed E-state index contributed by atoms with van der Waals surface area (Å²) in [7, 11) is 0. The molecule has 8 heteroatoms. The number of nitrogens with zero attached hydrogens (tertiary/aromatic N) is 2. The van der Waals surface area contributed by atoms with Crippen LogP contribution >= 0.6 is 0 Å². The van der Waals surface area contributed by atoms with Crippen molar-refractivity contribution in [2.75, 3.05) is 43.1 Å². The molecule has 0 atom stereocenters. The van der Waals surface area contributed by atoms with Crippen molar-refractivity contribution in [1.82, 2.24) is 5.16 Å². The van der Waals surface area contributed by atoms with Gasteiger partial charge in [0.25, 0.3) is 5.91 Å². The van der Waals surface area contributed by atoms with Gasteiger partial charge in [-0.1, -0.05) is 18.5 Å². The normalized spacial score (nSPS) is 14.0. The van der Waals surface area contributed by atoms with Gasteiger partial charge in [0, 0.05) is 24.8 Å². The molecule has 144 valence electrons. The van der Waals surface area contributed by atoms with Crippen molar-refractivity contribution < 1.29 is 23.6 Å². The summed E-state index contributed by atoms with van der Waals surface area (Å²) in [6, 6.07) is 8.15. The van der Waals surface area contributed by atoms with Gasteiger partial charge in [-0.25, -0.2) is 4.79 Å². The van der Waals surface area contributed by atoms with Crippen LogP contribution < -0.4 is 10.2 Å². The summed E-state index contributed by atoms with van der Waals surface area (Å²) in [4.78, 5) is 26.2. The fraction of sp³-hybridized carbons (Fsp3) is 0.421. The SMILES string of the molecule is CCCCOC(=O)c1ccc(NC(=O)c2cc(N3CCOCC3)on2)cc1. The summed E-state index contributed by atoms with van der Waals surface area (Å²) >= 11 is 0. The zero-order chi connectivity index (χ0) is 19.1. The topological polar surface area (TPSA) is 93.9 Å². The Hall–Kier alpha value is -2.87. The number of benzene rings is 1. The zero-order valence-corrected chi connectivity index (χ0v) is 15.3. The van der Waals surface area contributed by atoms with E-state index in [0.29, 0.717) is 50.0 Å². The molecule has 1 aliphatic heterocycles. The van der Waals surface area contributed by atoms with Gasteiger partial charge in [0.05, 0.1) is 25.4 Å². The fourth-order valence-corrected chi connectivity index (χ4v) is 2.58. The Morgan fingerprint density at radius 2 is 1.96 bits per heavy atom. The minimum atomic E-state index is -0.378. The number of esters is 1. The minimum absolute atomic E-state index is 0.194. The highest BCUT2D eigenvalue weighted by Crippen LogP contribution is 2.18. The van der Waals surface area contributed by atoms with E-state index in [0.717, 1.165) is 12.8 Å². The molecule has 1 amide bonds. The number of nitrogens with one attached hydrogen (secondary N) is 1. The van der Waals surface area contributed by atoms with E-state index in [2.05, 4.69) is 10.5 Å². The zero-order valence-electron chi connectivity index (χ0n) is 15.3. The molecule has 0 bridgehead atoms. The lowest BCUT2D eigenvalue weighted by molar-refractivity contribution is 0.0499. The monoisotopic (exact) mass is 373 g/mol. The van der Waals surface area contributed by atoms with E-state index in [9.17, 15) is 9.59 Å². The molecule has 8 nitrogen and oxygen atoms in total. The lowest BCUT2D eigenvalue weighted by atomic mass is 10.2. The van der Waals surface area contributed by atoms with Gasteiger partial charge in [0.1, 0.15) is 0 Å². The van der Waals surface area contributed by atoms with Gasteiger partial charge >= 0.3 is 5.97 Å². The summed E-state index contributed by atoms with van der Waals surface area (Å²) in [5.74, 6) is -0.196. The van der Waals surface area contributed by atoms with Crippen molar-refractivity contribution in [1.29, 1.82) is 0 Å². The Labute approximate surface area is 157 Å². The molecule has 1 saturated heterocycles. The second-order valence-corrected chi connectivity index (χ2v) is 6.17. The van der Waals surface area contributed by atoms with E-state index in [1.54, 1.807) is 30.3 Å². The van der Waals surface area contributed by atoms with E-state index in [1.807, 2.05) is 11.8 Å². The lowest BCUT2D eigenvalue weighted by Gasteiger charge is -2.25. The standard InChI is InChI=1S/C19H23N3O5/c1-2-3-10-26-19(24)14-4-6-15(7-5-14)20-18(23)16-13-17(27-21-16)22-8-11-25-12-9-22/h4-7,13H,2-3,8-12H2,1H3,(H,20,23).